The summed E-state index contributed by atoms with van der Waals surface area (Å²) in [5, 5.41) is -0.388. The molecule has 0 aliphatic rings. The fraction of sp³-hybridized carbons (Fsp3) is 0.500. The van der Waals surface area contributed by atoms with E-state index in [0.717, 1.165) is 6.07 Å². The van der Waals surface area contributed by atoms with Crippen LogP contribution in [0.5, 0.6) is 0 Å². The second kappa shape index (κ2) is 4.39. The van der Waals surface area contributed by atoms with E-state index in [9.17, 15) is 13.2 Å². The molecule has 0 saturated carbocycles. The van der Waals surface area contributed by atoms with Gasteiger partial charge in [0.05, 0.1) is 11.3 Å². The molecule has 84 valence electrons. The highest BCUT2D eigenvalue weighted by atomic mass is 35.5. The molecule has 0 amide bonds. The summed E-state index contributed by atoms with van der Waals surface area (Å²) in [6.45, 7) is 3.29. The normalized spacial score (nSPS) is 16.1. The maximum atomic E-state index is 12.6. The summed E-state index contributed by atoms with van der Waals surface area (Å²) in [7, 11) is 0. The molecule has 2 unspecified atom stereocenters. The van der Waals surface area contributed by atoms with Crippen LogP contribution in [0.3, 0.4) is 0 Å². The Morgan fingerprint density at radius 1 is 1.33 bits per heavy atom. The summed E-state index contributed by atoms with van der Waals surface area (Å²) in [6, 6.07) is 2.30. The largest absolute Gasteiger partial charge is 0.418 e. The van der Waals surface area contributed by atoms with Crippen LogP contribution >= 0.6 is 11.6 Å². The zero-order valence-corrected chi connectivity index (χ0v) is 9.10. The molecule has 0 aliphatic heterocycles. The van der Waals surface area contributed by atoms with Gasteiger partial charge in [-0.3, -0.25) is 4.98 Å². The first-order valence-electron chi connectivity index (χ1n) is 4.50. The summed E-state index contributed by atoms with van der Waals surface area (Å²) < 4.78 is 37.8. The van der Waals surface area contributed by atoms with Gasteiger partial charge in [-0.05, 0) is 19.1 Å². The van der Waals surface area contributed by atoms with Gasteiger partial charge in [0.15, 0.2) is 0 Å². The van der Waals surface area contributed by atoms with Gasteiger partial charge in [0, 0.05) is 17.5 Å². The third kappa shape index (κ3) is 2.84. The smallest absolute Gasteiger partial charge is 0.260 e. The number of pyridine rings is 1. The average Bonchev–Trinajstić information content (AvgIpc) is 2.15. The molecule has 1 heterocycles. The van der Waals surface area contributed by atoms with E-state index in [2.05, 4.69) is 4.98 Å². The topological polar surface area (TPSA) is 12.9 Å². The first-order valence-corrected chi connectivity index (χ1v) is 4.94. The summed E-state index contributed by atoms with van der Waals surface area (Å²) in [5.74, 6) is -0.426. The summed E-state index contributed by atoms with van der Waals surface area (Å²) in [6.07, 6.45) is -3.02. The molecular formula is C10H11ClF3N. The summed E-state index contributed by atoms with van der Waals surface area (Å²) in [4.78, 5) is 3.76. The monoisotopic (exact) mass is 237 g/mol. The lowest BCUT2D eigenvalue weighted by Crippen LogP contribution is -2.16. The molecule has 0 saturated heterocycles. The third-order valence-electron chi connectivity index (χ3n) is 2.26. The van der Waals surface area contributed by atoms with Gasteiger partial charge in [0.2, 0.25) is 0 Å². The van der Waals surface area contributed by atoms with Crippen molar-refractivity contribution in [1.29, 1.82) is 0 Å². The predicted octanol–water partition coefficient (Wildman–Crippen LogP) is 3.83. The molecule has 0 bridgehead atoms. The lowest BCUT2D eigenvalue weighted by Gasteiger charge is -2.18. The predicted molar refractivity (Wildman–Crippen MR) is 53.0 cm³/mol. The average molecular weight is 238 g/mol. The van der Waals surface area contributed by atoms with E-state index in [1.807, 2.05) is 0 Å². The molecule has 0 aliphatic carbocycles. The highest BCUT2D eigenvalue weighted by Gasteiger charge is 2.35. The van der Waals surface area contributed by atoms with Crippen molar-refractivity contribution in [3.63, 3.8) is 0 Å². The van der Waals surface area contributed by atoms with Crippen molar-refractivity contribution in [2.45, 2.75) is 31.3 Å². The van der Waals surface area contributed by atoms with E-state index >= 15 is 0 Å². The molecule has 2 atom stereocenters. The molecule has 1 aromatic rings. The Kier molecular flexibility index (Phi) is 3.60. The number of nitrogens with zero attached hydrogens (tertiary/aromatic N) is 1. The van der Waals surface area contributed by atoms with Crippen LogP contribution in [-0.2, 0) is 6.18 Å². The molecule has 0 fully saturated rings. The van der Waals surface area contributed by atoms with Gasteiger partial charge in [0.1, 0.15) is 0 Å². The molecular weight excluding hydrogens is 227 g/mol. The van der Waals surface area contributed by atoms with Gasteiger partial charge in [-0.2, -0.15) is 13.2 Å². The van der Waals surface area contributed by atoms with E-state index in [-0.39, 0.29) is 11.1 Å². The summed E-state index contributed by atoms with van der Waals surface area (Å²) >= 11 is 5.78. The summed E-state index contributed by atoms with van der Waals surface area (Å²) in [5.41, 5.74) is -0.697. The fourth-order valence-electron chi connectivity index (χ4n) is 1.24. The Morgan fingerprint density at radius 3 is 2.40 bits per heavy atom. The third-order valence-corrected chi connectivity index (χ3v) is 2.64. The van der Waals surface area contributed by atoms with E-state index in [0.29, 0.717) is 0 Å². The van der Waals surface area contributed by atoms with Crippen LogP contribution in [0.15, 0.2) is 18.3 Å². The van der Waals surface area contributed by atoms with Crippen LogP contribution in [0.4, 0.5) is 13.2 Å². The van der Waals surface area contributed by atoms with Crippen LogP contribution in [0.2, 0.25) is 0 Å². The standard InChI is InChI=1S/C10H11ClF3N/c1-6(7(2)11)9-8(10(12,13)14)4-3-5-15-9/h3-7H,1-2H3. The number of halogens is 4. The van der Waals surface area contributed by atoms with E-state index in [1.165, 1.54) is 12.3 Å². The number of hydrogen-bond donors (Lipinski definition) is 0. The lowest BCUT2D eigenvalue weighted by molar-refractivity contribution is -0.138. The molecule has 1 rings (SSSR count). The molecule has 15 heavy (non-hydrogen) atoms. The van der Waals surface area contributed by atoms with Crippen LogP contribution in [0.1, 0.15) is 31.0 Å². The van der Waals surface area contributed by atoms with Crippen molar-refractivity contribution in [3.8, 4) is 0 Å². The molecule has 1 nitrogen and oxygen atoms in total. The van der Waals surface area contributed by atoms with Crippen LogP contribution in [0.25, 0.3) is 0 Å². The Bertz CT molecular complexity index is 336. The van der Waals surface area contributed by atoms with Gasteiger partial charge in [0.25, 0.3) is 0 Å². The number of rotatable bonds is 2. The van der Waals surface area contributed by atoms with Crippen molar-refractivity contribution in [3.05, 3.63) is 29.6 Å². The minimum Gasteiger partial charge on any atom is -0.260 e. The van der Waals surface area contributed by atoms with Crippen LogP contribution in [-0.4, -0.2) is 10.4 Å². The van der Waals surface area contributed by atoms with Crippen molar-refractivity contribution < 1.29 is 13.2 Å². The lowest BCUT2D eigenvalue weighted by atomic mass is 9.99. The number of hydrogen-bond acceptors (Lipinski definition) is 1. The van der Waals surface area contributed by atoms with E-state index in [1.54, 1.807) is 13.8 Å². The van der Waals surface area contributed by atoms with E-state index < -0.39 is 17.7 Å². The maximum absolute atomic E-state index is 12.6. The minimum atomic E-state index is -4.37. The van der Waals surface area contributed by atoms with Gasteiger partial charge < -0.3 is 0 Å². The Morgan fingerprint density at radius 2 is 1.93 bits per heavy atom. The minimum absolute atomic E-state index is 0.00694. The quantitative estimate of drug-likeness (QED) is 0.713. The Labute approximate surface area is 91.3 Å². The van der Waals surface area contributed by atoms with Crippen LogP contribution < -0.4 is 0 Å². The van der Waals surface area contributed by atoms with Gasteiger partial charge in [-0.15, -0.1) is 11.6 Å². The molecule has 0 aromatic carbocycles. The Balaban J connectivity index is 3.18. The molecule has 1 aromatic heterocycles. The zero-order valence-electron chi connectivity index (χ0n) is 8.35. The highest BCUT2D eigenvalue weighted by molar-refractivity contribution is 6.20. The molecule has 5 heteroatoms. The first kappa shape index (κ1) is 12.3. The highest BCUT2D eigenvalue weighted by Crippen LogP contribution is 2.35. The van der Waals surface area contributed by atoms with Crippen molar-refractivity contribution in [1.82, 2.24) is 4.98 Å². The molecule has 0 N–H and O–H groups in total. The number of aromatic nitrogens is 1. The maximum Gasteiger partial charge on any atom is 0.418 e. The second-order valence-electron chi connectivity index (χ2n) is 3.40. The van der Waals surface area contributed by atoms with Crippen molar-refractivity contribution >= 4 is 11.6 Å². The number of alkyl halides is 4. The van der Waals surface area contributed by atoms with Crippen molar-refractivity contribution in [2.75, 3.05) is 0 Å². The second-order valence-corrected chi connectivity index (χ2v) is 4.09. The van der Waals surface area contributed by atoms with Gasteiger partial charge >= 0.3 is 6.18 Å². The van der Waals surface area contributed by atoms with Crippen molar-refractivity contribution in [2.24, 2.45) is 0 Å². The first-order chi connectivity index (χ1) is 6.84. The zero-order chi connectivity index (χ0) is 11.6. The molecule has 0 spiro atoms. The SMILES string of the molecule is CC(Cl)C(C)c1ncccc1C(F)(F)F. The van der Waals surface area contributed by atoms with Gasteiger partial charge in [-0.25, -0.2) is 0 Å². The van der Waals surface area contributed by atoms with Gasteiger partial charge in [-0.1, -0.05) is 6.92 Å². The molecule has 0 radical (unpaired) electrons. The van der Waals surface area contributed by atoms with E-state index in [4.69, 9.17) is 11.6 Å². The van der Waals surface area contributed by atoms with Crippen LogP contribution in [0, 0.1) is 0 Å². The Hall–Kier alpha value is -0.770. The fourth-order valence-corrected chi connectivity index (χ4v) is 1.36.